The SMILES string of the molecule is CC(C)NS(=O)(=O)c1ccccc1.CC(C)n1nnc(-c2ccccc2/C=C/c2ccccc2)n1. The van der Waals surface area contributed by atoms with Crippen LogP contribution in [0, 0.1) is 0 Å². The summed E-state index contributed by atoms with van der Waals surface area (Å²) in [6.45, 7) is 7.65. The van der Waals surface area contributed by atoms with Crippen molar-refractivity contribution in [3.63, 3.8) is 0 Å². The van der Waals surface area contributed by atoms with Gasteiger partial charge < -0.3 is 0 Å². The molecule has 35 heavy (non-hydrogen) atoms. The van der Waals surface area contributed by atoms with Gasteiger partial charge in [-0.05, 0) is 56.2 Å². The number of tetrazole rings is 1. The van der Waals surface area contributed by atoms with E-state index < -0.39 is 10.0 Å². The lowest BCUT2D eigenvalue weighted by Gasteiger charge is -2.08. The van der Waals surface area contributed by atoms with Crippen molar-refractivity contribution in [3.05, 3.63) is 96.1 Å². The quantitative estimate of drug-likeness (QED) is 0.348. The average Bonchev–Trinajstić information content (AvgIpc) is 3.35. The average molecular weight is 490 g/mol. The van der Waals surface area contributed by atoms with Crippen LogP contribution in [0.2, 0.25) is 0 Å². The molecule has 0 spiro atoms. The Bertz CT molecular complexity index is 1330. The molecule has 3 aromatic carbocycles. The summed E-state index contributed by atoms with van der Waals surface area (Å²) >= 11 is 0. The number of nitrogens with one attached hydrogen (secondary N) is 1. The first-order chi connectivity index (χ1) is 16.8. The third kappa shape index (κ3) is 7.70. The summed E-state index contributed by atoms with van der Waals surface area (Å²) < 4.78 is 25.6. The molecule has 0 aliphatic carbocycles. The number of rotatable bonds is 7. The van der Waals surface area contributed by atoms with Gasteiger partial charge in [-0.2, -0.15) is 4.80 Å². The molecule has 0 atom stereocenters. The van der Waals surface area contributed by atoms with Crippen LogP contribution in [0.4, 0.5) is 0 Å². The predicted molar refractivity (Wildman–Crippen MR) is 141 cm³/mol. The maximum atomic E-state index is 11.5. The van der Waals surface area contributed by atoms with Gasteiger partial charge in [0, 0.05) is 11.6 Å². The number of hydrogen-bond acceptors (Lipinski definition) is 5. The number of benzene rings is 3. The molecule has 8 heteroatoms. The highest BCUT2D eigenvalue weighted by Gasteiger charge is 2.13. The minimum Gasteiger partial charge on any atom is -0.209 e. The topological polar surface area (TPSA) is 89.8 Å². The lowest BCUT2D eigenvalue weighted by Crippen LogP contribution is -2.30. The van der Waals surface area contributed by atoms with Crippen LogP contribution in [0.1, 0.15) is 44.9 Å². The van der Waals surface area contributed by atoms with Crippen molar-refractivity contribution in [2.45, 2.75) is 44.7 Å². The summed E-state index contributed by atoms with van der Waals surface area (Å²) in [5.74, 6) is 0.655. The number of hydrogen-bond donors (Lipinski definition) is 1. The van der Waals surface area contributed by atoms with Gasteiger partial charge in [0.1, 0.15) is 0 Å². The summed E-state index contributed by atoms with van der Waals surface area (Å²) in [5.41, 5.74) is 3.23. The molecule has 1 heterocycles. The fraction of sp³-hybridized carbons (Fsp3) is 0.222. The first-order valence-electron chi connectivity index (χ1n) is 11.5. The first-order valence-corrected chi connectivity index (χ1v) is 12.9. The minimum atomic E-state index is -3.31. The Labute approximate surface area is 207 Å². The van der Waals surface area contributed by atoms with Crippen molar-refractivity contribution in [2.75, 3.05) is 0 Å². The molecule has 1 N–H and O–H groups in total. The second kappa shape index (κ2) is 12.2. The van der Waals surface area contributed by atoms with Gasteiger partial charge in [0.05, 0.1) is 10.9 Å². The van der Waals surface area contributed by atoms with E-state index in [-0.39, 0.29) is 12.1 Å². The van der Waals surface area contributed by atoms with Crippen molar-refractivity contribution in [2.24, 2.45) is 0 Å². The molecule has 7 nitrogen and oxygen atoms in total. The monoisotopic (exact) mass is 489 g/mol. The fourth-order valence-corrected chi connectivity index (χ4v) is 4.40. The Balaban J connectivity index is 0.000000225. The van der Waals surface area contributed by atoms with Crippen LogP contribution in [-0.2, 0) is 10.0 Å². The third-order valence-corrected chi connectivity index (χ3v) is 6.47. The summed E-state index contributed by atoms with van der Waals surface area (Å²) in [5, 5.41) is 12.7. The van der Waals surface area contributed by atoms with Gasteiger partial charge in [-0.1, -0.05) is 84.9 Å². The van der Waals surface area contributed by atoms with E-state index in [0.29, 0.717) is 10.7 Å². The molecule has 0 fully saturated rings. The van der Waals surface area contributed by atoms with Gasteiger partial charge in [0.15, 0.2) is 0 Å². The molecule has 0 aliphatic heterocycles. The van der Waals surface area contributed by atoms with Gasteiger partial charge in [-0.25, -0.2) is 13.1 Å². The highest BCUT2D eigenvalue weighted by atomic mass is 32.2. The van der Waals surface area contributed by atoms with Crippen LogP contribution in [0.15, 0.2) is 89.8 Å². The lowest BCUT2D eigenvalue weighted by atomic mass is 10.1. The number of sulfonamides is 1. The molecule has 0 saturated heterocycles. The van der Waals surface area contributed by atoms with Crippen LogP contribution in [0.25, 0.3) is 23.5 Å². The smallest absolute Gasteiger partial charge is 0.209 e. The van der Waals surface area contributed by atoms with E-state index in [1.807, 2.05) is 50.2 Å². The Morgan fingerprint density at radius 1 is 0.800 bits per heavy atom. The van der Waals surface area contributed by atoms with E-state index in [0.717, 1.165) is 16.7 Å². The number of nitrogens with zero attached hydrogens (tertiary/aromatic N) is 4. The summed E-state index contributed by atoms with van der Waals surface area (Å²) in [6, 6.07) is 26.8. The van der Waals surface area contributed by atoms with E-state index in [2.05, 4.69) is 50.5 Å². The highest BCUT2D eigenvalue weighted by molar-refractivity contribution is 7.89. The molecular formula is C27H31N5O2S. The van der Waals surface area contributed by atoms with Gasteiger partial charge >= 0.3 is 0 Å². The second-order valence-corrected chi connectivity index (χ2v) is 10.2. The zero-order chi connectivity index (χ0) is 25.3. The van der Waals surface area contributed by atoms with E-state index in [9.17, 15) is 8.42 Å². The van der Waals surface area contributed by atoms with Crippen LogP contribution < -0.4 is 4.72 Å². The maximum Gasteiger partial charge on any atom is 0.240 e. The molecule has 0 radical (unpaired) electrons. The third-order valence-electron chi connectivity index (χ3n) is 4.79. The van der Waals surface area contributed by atoms with Gasteiger partial charge in [-0.15, -0.1) is 10.2 Å². The Morgan fingerprint density at radius 2 is 1.40 bits per heavy atom. The molecule has 1 aromatic heterocycles. The first kappa shape index (κ1) is 26.0. The zero-order valence-electron chi connectivity index (χ0n) is 20.4. The molecule has 0 unspecified atom stereocenters. The Kier molecular flexibility index (Phi) is 9.05. The van der Waals surface area contributed by atoms with Gasteiger partial charge in [0.2, 0.25) is 15.8 Å². The lowest BCUT2D eigenvalue weighted by molar-refractivity contribution is 0.455. The van der Waals surface area contributed by atoms with Crippen molar-refractivity contribution >= 4 is 22.2 Å². The van der Waals surface area contributed by atoms with Crippen molar-refractivity contribution < 1.29 is 8.42 Å². The molecule has 0 aliphatic rings. The summed E-state index contributed by atoms with van der Waals surface area (Å²) in [4.78, 5) is 1.94. The van der Waals surface area contributed by atoms with Crippen molar-refractivity contribution in [3.8, 4) is 11.4 Å². The molecule has 0 saturated carbocycles. The van der Waals surface area contributed by atoms with Crippen LogP contribution in [0.5, 0.6) is 0 Å². The van der Waals surface area contributed by atoms with Crippen molar-refractivity contribution in [1.29, 1.82) is 0 Å². The van der Waals surface area contributed by atoms with E-state index in [4.69, 9.17) is 0 Å². The molecule has 182 valence electrons. The van der Waals surface area contributed by atoms with Crippen LogP contribution in [0.3, 0.4) is 0 Å². The summed E-state index contributed by atoms with van der Waals surface area (Å²) in [6.07, 6.45) is 4.17. The Hall–Kier alpha value is -3.62. The zero-order valence-corrected chi connectivity index (χ0v) is 21.2. The molecule has 0 amide bonds. The van der Waals surface area contributed by atoms with Crippen LogP contribution in [-0.4, -0.2) is 34.7 Å². The van der Waals surface area contributed by atoms with Gasteiger partial charge in [0.25, 0.3) is 0 Å². The molecule has 4 rings (SSSR count). The molecule has 4 aromatic rings. The maximum absolute atomic E-state index is 11.5. The highest BCUT2D eigenvalue weighted by Crippen LogP contribution is 2.22. The van der Waals surface area contributed by atoms with E-state index in [1.54, 1.807) is 49.0 Å². The van der Waals surface area contributed by atoms with Crippen LogP contribution >= 0.6 is 0 Å². The largest absolute Gasteiger partial charge is 0.240 e. The van der Waals surface area contributed by atoms with Crippen molar-refractivity contribution in [1.82, 2.24) is 24.9 Å². The number of aromatic nitrogens is 4. The van der Waals surface area contributed by atoms with E-state index >= 15 is 0 Å². The predicted octanol–water partition coefficient (Wildman–Crippen LogP) is 5.46. The normalized spacial score (nSPS) is 11.6. The fourth-order valence-electron chi connectivity index (χ4n) is 3.13. The molecular weight excluding hydrogens is 458 g/mol. The molecule has 0 bridgehead atoms. The minimum absolute atomic E-state index is 0.0785. The standard InChI is InChI=1S/C18H18N4.C9H13NO2S/c1-14(2)22-20-18(19-21-22)17-11-7-6-10-16(17)13-12-15-8-4-3-5-9-15;1-8(2)10-13(11,12)9-6-4-3-5-7-9/h3-14H,1-2H3;3-8,10H,1-2H3/b13-12+;. The second-order valence-electron chi connectivity index (χ2n) is 8.45. The summed E-state index contributed by atoms with van der Waals surface area (Å²) in [7, 11) is -3.31. The Morgan fingerprint density at radius 3 is 2.00 bits per heavy atom. The van der Waals surface area contributed by atoms with Gasteiger partial charge in [-0.3, -0.25) is 0 Å². The van der Waals surface area contributed by atoms with E-state index in [1.165, 1.54) is 0 Å².